The Morgan fingerprint density at radius 3 is 1.07 bits per heavy atom. The van der Waals surface area contributed by atoms with Crippen molar-refractivity contribution < 1.29 is 32.9 Å². The molecule has 0 saturated heterocycles. The average molecular weight is 1210 g/mol. The van der Waals surface area contributed by atoms with E-state index in [4.69, 9.17) is 9.05 Å². The third-order valence-corrected chi connectivity index (χ3v) is 16.0. The van der Waals surface area contributed by atoms with Gasteiger partial charge in [0.1, 0.15) is 13.2 Å². The highest BCUT2D eigenvalue weighted by Gasteiger charge is 2.28. The lowest BCUT2D eigenvalue weighted by atomic mass is 10.0. The first kappa shape index (κ1) is 82.4. The van der Waals surface area contributed by atoms with Crippen LogP contribution in [0.25, 0.3) is 0 Å². The quantitative estimate of drug-likeness (QED) is 0.0243. The van der Waals surface area contributed by atoms with E-state index < -0.39 is 20.0 Å². The smallest absolute Gasteiger partial charge is 0.387 e. The average Bonchev–Trinajstić information content (AvgIpc) is 3.70. The summed E-state index contributed by atoms with van der Waals surface area (Å²) in [6.07, 6.45) is 101. The van der Waals surface area contributed by atoms with Crippen molar-refractivity contribution in [1.29, 1.82) is 0 Å². The molecule has 3 atom stereocenters. The Morgan fingerprint density at radius 1 is 0.407 bits per heavy atom. The van der Waals surface area contributed by atoms with Crippen LogP contribution in [0.5, 0.6) is 0 Å². The van der Waals surface area contributed by atoms with Crippen molar-refractivity contribution in [2.45, 2.75) is 296 Å². The number of unbranched alkanes of at least 4 members (excludes halogenated alkanes) is 28. The summed E-state index contributed by atoms with van der Waals surface area (Å²) in [5.74, 6) is -0.199. The number of carbonyl (C=O) groups excluding carboxylic acids is 1. The Bertz CT molecular complexity index is 1910. The van der Waals surface area contributed by atoms with Gasteiger partial charge in [0.2, 0.25) is 5.91 Å². The number of amides is 1. The maximum absolute atomic E-state index is 13.0. The number of rotatable bonds is 63. The molecule has 0 aromatic heterocycles. The van der Waals surface area contributed by atoms with E-state index in [0.717, 1.165) is 116 Å². The summed E-state index contributed by atoms with van der Waals surface area (Å²) in [6, 6.07) is -0.880. The number of nitrogens with zero attached hydrogens (tertiary/aromatic N) is 1. The Balaban J connectivity index is 4.18. The van der Waals surface area contributed by atoms with Crippen molar-refractivity contribution in [2.24, 2.45) is 0 Å². The molecule has 0 fully saturated rings. The van der Waals surface area contributed by atoms with Crippen molar-refractivity contribution in [1.82, 2.24) is 5.32 Å². The molecule has 0 aliphatic heterocycles. The standard InChI is InChI=1S/C77H133N2O6P/c1-6-8-10-12-14-16-18-20-22-24-26-28-30-32-33-34-35-36-37-38-39-40-41-42-43-44-45-47-49-51-53-55-57-59-61-63-65-67-69-71-77(81)78-75(74-85-86(82,83)84-73-72-79(3,4)5)76(80)70-68-66-64-62-60-58-56-54-52-50-48-46-31-29-27-25-23-21-19-17-15-13-11-9-7-2/h8,10,14,16,20,22,26,28,32-33,35-36,38-39,41-42,44-45,49,51,60,62,68,70,75-76,80H,6-7,9,11-13,15,17-19,21,23-25,27,29-31,34,37,40,43,46-48,50,52-59,61,63-67,69,71-74H2,1-5H3,(H-,78,81,82,83)/p+1/b10-8-,16-14-,22-20-,28-26-,33-32-,36-35-,39-38-,42-41-,45-44-,51-49-,62-60+,70-68+. The number of nitrogens with one attached hydrogen (secondary N) is 1. The van der Waals surface area contributed by atoms with Crippen molar-refractivity contribution in [3.8, 4) is 0 Å². The molecular weight excluding hydrogens is 1080 g/mol. The SMILES string of the molecule is CC/C=C\C/C=C\C/C=C\C/C=C\C/C=C\C/C=C\C/C=C\C/C=C\C/C=C\C/C=C\CCCCCCCCCCC(=O)NC(COP(=O)(O)OCC[N+](C)(C)C)C(O)/C=C/CC/C=C/CCCCCCCCCCCCCCCCCCCCC. The summed E-state index contributed by atoms with van der Waals surface area (Å²) >= 11 is 0. The van der Waals surface area contributed by atoms with Gasteiger partial charge in [0.05, 0.1) is 39.9 Å². The van der Waals surface area contributed by atoms with Gasteiger partial charge >= 0.3 is 7.82 Å². The lowest BCUT2D eigenvalue weighted by molar-refractivity contribution is -0.870. The van der Waals surface area contributed by atoms with E-state index in [9.17, 15) is 19.4 Å². The van der Waals surface area contributed by atoms with Crippen LogP contribution in [-0.2, 0) is 18.4 Å². The molecule has 0 saturated carbocycles. The van der Waals surface area contributed by atoms with Crippen LogP contribution in [0.2, 0.25) is 0 Å². The molecule has 0 rings (SSSR count). The van der Waals surface area contributed by atoms with Gasteiger partial charge in [0.15, 0.2) is 0 Å². The largest absolute Gasteiger partial charge is 0.472 e. The fourth-order valence-corrected chi connectivity index (χ4v) is 10.4. The number of hydrogen-bond donors (Lipinski definition) is 3. The maximum Gasteiger partial charge on any atom is 0.472 e. The molecular formula is C77H134N2O6P+. The van der Waals surface area contributed by atoms with E-state index in [-0.39, 0.29) is 19.1 Å². The first-order chi connectivity index (χ1) is 42.0. The fourth-order valence-electron chi connectivity index (χ4n) is 9.62. The topological polar surface area (TPSA) is 105 Å². The van der Waals surface area contributed by atoms with Crippen molar-refractivity contribution in [3.05, 3.63) is 146 Å². The zero-order valence-electron chi connectivity index (χ0n) is 56.3. The predicted molar refractivity (Wildman–Crippen MR) is 378 cm³/mol. The minimum absolute atomic E-state index is 0.0476. The number of likely N-dealkylation sites (N-methyl/N-ethyl adjacent to an activating group) is 1. The lowest BCUT2D eigenvalue weighted by Crippen LogP contribution is -2.45. The summed E-state index contributed by atoms with van der Waals surface area (Å²) in [6.45, 7) is 4.68. The van der Waals surface area contributed by atoms with Crippen molar-refractivity contribution in [3.63, 3.8) is 0 Å². The number of aliphatic hydroxyl groups excluding tert-OH is 1. The van der Waals surface area contributed by atoms with E-state index in [1.807, 2.05) is 27.2 Å². The highest BCUT2D eigenvalue weighted by atomic mass is 31.2. The van der Waals surface area contributed by atoms with Gasteiger partial charge in [-0.25, -0.2) is 4.57 Å². The molecule has 8 nitrogen and oxygen atoms in total. The summed E-state index contributed by atoms with van der Waals surface area (Å²) < 4.78 is 23.8. The Kier molecular flexibility index (Phi) is 63.0. The monoisotopic (exact) mass is 1210 g/mol. The van der Waals surface area contributed by atoms with Crippen LogP contribution in [-0.4, -0.2) is 73.4 Å². The van der Waals surface area contributed by atoms with Gasteiger partial charge in [-0.3, -0.25) is 13.8 Å². The van der Waals surface area contributed by atoms with E-state index in [0.29, 0.717) is 17.4 Å². The zero-order valence-corrected chi connectivity index (χ0v) is 57.1. The fraction of sp³-hybridized carbons (Fsp3) is 0.675. The predicted octanol–water partition coefficient (Wildman–Crippen LogP) is 22.8. The molecule has 0 radical (unpaired) electrons. The molecule has 1 amide bonds. The van der Waals surface area contributed by atoms with E-state index in [2.05, 4.69) is 153 Å². The molecule has 0 aliphatic rings. The first-order valence-electron chi connectivity index (χ1n) is 35.2. The van der Waals surface area contributed by atoms with Crippen LogP contribution >= 0.6 is 7.82 Å². The minimum Gasteiger partial charge on any atom is -0.387 e. The Hall–Kier alpha value is -3.62. The third-order valence-electron chi connectivity index (χ3n) is 15.0. The number of quaternary nitrogens is 1. The van der Waals surface area contributed by atoms with Gasteiger partial charge in [-0.1, -0.05) is 314 Å². The van der Waals surface area contributed by atoms with Crippen LogP contribution in [0.4, 0.5) is 0 Å². The second-order valence-corrected chi connectivity index (χ2v) is 26.0. The van der Waals surface area contributed by atoms with Crippen LogP contribution in [0, 0.1) is 0 Å². The molecule has 0 bridgehead atoms. The summed E-state index contributed by atoms with van der Waals surface area (Å²) in [5, 5.41) is 14.0. The van der Waals surface area contributed by atoms with Crippen molar-refractivity contribution >= 4 is 13.7 Å². The number of phosphoric ester groups is 1. The first-order valence-corrected chi connectivity index (χ1v) is 36.7. The van der Waals surface area contributed by atoms with E-state index >= 15 is 0 Å². The Labute approximate surface area is 531 Å². The second kappa shape index (κ2) is 65.8. The van der Waals surface area contributed by atoms with Gasteiger partial charge in [0.25, 0.3) is 0 Å². The molecule has 0 aromatic rings. The van der Waals surface area contributed by atoms with Gasteiger partial charge < -0.3 is 19.8 Å². The van der Waals surface area contributed by atoms with Crippen LogP contribution < -0.4 is 5.32 Å². The Morgan fingerprint density at radius 2 is 0.709 bits per heavy atom. The molecule has 0 heterocycles. The minimum atomic E-state index is -4.37. The van der Waals surface area contributed by atoms with E-state index in [1.54, 1.807) is 6.08 Å². The molecule has 3 unspecified atom stereocenters. The van der Waals surface area contributed by atoms with Gasteiger partial charge in [-0.15, -0.1) is 0 Å². The highest BCUT2D eigenvalue weighted by Crippen LogP contribution is 2.43. The molecule has 492 valence electrons. The maximum atomic E-state index is 13.0. The van der Waals surface area contributed by atoms with Crippen molar-refractivity contribution in [2.75, 3.05) is 40.9 Å². The summed E-state index contributed by atoms with van der Waals surface area (Å²) in [5.41, 5.74) is 0. The molecule has 0 aromatic carbocycles. The number of hydrogen-bond acceptors (Lipinski definition) is 5. The van der Waals surface area contributed by atoms with Crippen LogP contribution in [0.3, 0.4) is 0 Å². The number of phosphoric acid groups is 1. The number of allylic oxidation sites excluding steroid dienone is 23. The summed E-state index contributed by atoms with van der Waals surface area (Å²) in [7, 11) is 1.54. The lowest BCUT2D eigenvalue weighted by Gasteiger charge is -2.25. The third kappa shape index (κ3) is 67.9. The van der Waals surface area contributed by atoms with Gasteiger partial charge in [-0.2, -0.15) is 0 Å². The number of carbonyl (C=O) groups is 1. The molecule has 86 heavy (non-hydrogen) atoms. The molecule has 9 heteroatoms. The van der Waals surface area contributed by atoms with Crippen LogP contribution in [0.15, 0.2) is 146 Å². The molecule has 0 spiro atoms. The van der Waals surface area contributed by atoms with E-state index in [1.165, 1.54) is 148 Å². The molecule has 0 aliphatic carbocycles. The number of aliphatic hydroxyl groups is 1. The normalized spacial score (nSPS) is 14.5. The molecule has 3 N–H and O–H groups in total. The summed E-state index contributed by atoms with van der Waals surface area (Å²) in [4.78, 5) is 23.4. The van der Waals surface area contributed by atoms with Gasteiger partial charge in [-0.05, 0) is 109 Å². The second-order valence-electron chi connectivity index (χ2n) is 24.5. The van der Waals surface area contributed by atoms with Crippen LogP contribution in [0.1, 0.15) is 284 Å². The highest BCUT2D eigenvalue weighted by molar-refractivity contribution is 7.47. The zero-order chi connectivity index (χ0) is 62.6. The van der Waals surface area contributed by atoms with Gasteiger partial charge in [0, 0.05) is 6.42 Å².